The minimum Gasteiger partial charge on any atom is -0.342 e. The van der Waals surface area contributed by atoms with Crippen LogP contribution in [0.2, 0.25) is 0 Å². The zero-order chi connectivity index (χ0) is 20.7. The lowest BCUT2D eigenvalue weighted by atomic mass is 10.0. The molecule has 2 amide bonds. The van der Waals surface area contributed by atoms with Crippen LogP contribution in [-0.2, 0) is 16.1 Å². The predicted molar refractivity (Wildman–Crippen MR) is 122 cm³/mol. The Morgan fingerprint density at radius 1 is 0.833 bits per heavy atom. The van der Waals surface area contributed by atoms with Gasteiger partial charge in [0.15, 0.2) is 5.11 Å². The third-order valence-corrected chi connectivity index (χ3v) is 5.49. The number of benzene rings is 3. The molecule has 0 unspecified atom stereocenters. The monoisotopic (exact) mass is 411 g/mol. The first-order valence-electron chi connectivity index (χ1n) is 9.53. The molecule has 1 fully saturated rings. The zero-order valence-corrected chi connectivity index (χ0v) is 16.7. The molecule has 0 saturated carbocycles. The average molecular weight is 411 g/mol. The molecule has 0 radical (unpaired) electrons. The fourth-order valence-corrected chi connectivity index (χ4v) is 4.08. The highest BCUT2D eigenvalue weighted by Crippen LogP contribution is 2.27. The number of aromatic nitrogens is 1. The Morgan fingerprint density at radius 2 is 1.50 bits per heavy atom. The van der Waals surface area contributed by atoms with Crippen LogP contribution in [0.5, 0.6) is 0 Å². The quantitative estimate of drug-likeness (QED) is 0.307. The Kier molecular flexibility index (Phi) is 4.41. The number of para-hydroxylation sites is 1. The average Bonchev–Trinajstić information content (AvgIpc) is 3.08. The molecular weight excluding hydrogens is 394 g/mol. The number of hydrogen-bond acceptors (Lipinski definition) is 3. The predicted octanol–water partition coefficient (Wildman–Crippen LogP) is 3.76. The second-order valence-electron chi connectivity index (χ2n) is 7.16. The molecule has 4 aromatic rings. The van der Waals surface area contributed by atoms with Crippen LogP contribution in [0.4, 0.5) is 0 Å². The number of carbonyl (C=O) groups is 2. The summed E-state index contributed by atoms with van der Waals surface area (Å²) in [4.78, 5) is 24.5. The Hall–Kier alpha value is -3.77. The van der Waals surface area contributed by atoms with Crippen molar-refractivity contribution in [3.05, 3.63) is 89.6 Å². The minimum atomic E-state index is -0.491. The molecule has 30 heavy (non-hydrogen) atoms. The van der Waals surface area contributed by atoms with E-state index in [1.54, 1.807) is 6.08 Å². The molecule has 5 rings (SSSR count). The van der Waals surface area contributed by atoms with Crippen LogP contribution in [0.25, 0.3) is 27.8 Å². The van der Waals surface area contributed by atoms with E-state index in [9.17, 15) is 9.59 Å². The van der Waals surface area contributed by atoms with Gasteiger partial charge in [0.2, 0.25) is 0 Å². The maximum atomic E-state index is 12.3. The van der Waals surface area contributed by atoms with Gasteiger partial charge in [-0.1, -0.05) is 60.7 Å². The van der Waals surface area contributed by atoms with Crippen LogP contribution in [0.3, 0.4) is 0 Å². The number of nitrogens with zero attached hydrogens (tertiary/aromatic N) is 1. The first-order chi connectivity index (χ1) is 14.6. The van der Waals surface area contributed by atoms with Crippen molar-refractivity contribution >= 4 is 56.9 Å². The number of amides is 2. The molecule has 1 aliphatic heterocycles. The van der Waals surface area contributed by atoms with Crippen LogP contribution in [-0.4, -0.2) is 21.5 Å². The van der Waals surface area contributed by atoms with Crippen molar-refractivity contribution in [1.29, 1.82) is 0 Å². The molecule has 0 atom stereocenters. The number of thiocarbonyl (C=S) groups is 1. The lowest BCUT2D eigenvalue weighted by Crippen LogP contribution is -2.51. The standard InChI is InChI=1S/C24H17N3O2S/c28-22-20(23(29)26-24(30)25-22)12-17-14-27(21-11-4-3-10-19(17)21)13-16-8-5-7-15-6-1-2-9-18(15)16/h1-12,14H,13H2,(H2,25,26,28,29,30). The normalized spacial score (nSPS) is 14.1. The maximum absolute atomic E-state index is 12.3. The third kappa shape index (κ3) is 3.17. The van der Waals surface area contributed by atoms with E-state index in [1.165, 1.54) is 16.3 Å². The van der Waals surface area contributed by atoms with Crippen molar-refractivity contribution in [1.82, 2.24) is 15.2 Å². The van der Waals surface area contributed by atoms with E-state index in [2.05, 4.69) is 45.5 Å². The van der Waals surface area contributed by atoms with Crippen LogP contribution >= 0.6 is 12.2 Å². The molecule has 5 nitrogen and oxygen atoms in total. The summed E-state index contributed by atoms with van der Waals surface area (Å²) < 4.78 is 2.15. The fraction of sp³-hybridized carbons (Fsp3) is 0.0417. The van der Waals surface area contributed by atoms with E-state index < -0.39 is 11.8 Å². The zero-order valence-electron chi connectivity index (χ0n) is 15.9. The van der Waals surface area contributed by atoms with Gasteiger partial charge in [-0.05, 0) is 40.7 Å². The van der Waals surface area contributed by atoms with E-state index in [0.29, 0.717) is 6.54 Å². The second-order valence-corrected chi connectivity index (χ2v) is 7.57. The number of nitrogens with one attached hydrogen (secondary N) is 2. The van der Waals surface area contributed by atoms with Crippen molar-refractivity contribution < 1.29 is 9.59 Å². The lowest BCUT2D eigenvalue weighted by Gasteiger charge is -2.16. The number of rotatable bonds is 3. The van der Waals surface area contributed by atoms with Crippen molar-refractivity contribution in [3.63, 3.8) is 0 Å². The highest BCUT2D eigenvalue weighted by molar-refractivity contribution is 7.80. The highest BCUT2D eigenvalue weighted by atomic mass is 32.1. The van der Waals surface area contributed by atoms with E-state index in [-0.39, 0.29) is 10.7 Å². The molecule has 146 valence electrons. The Labute approximate surface area is 178 Å². The molecule has 2 N–H and O–H groups in total. The van der Waals surface area contributed by atoms with Gasteiger partial charge in [0.1, 0.15) is 5.57 Å². The summed E-state index contributed by atoms with van der Waals surface area (Å²) in [5, 5.41) is 8.36. The summed E-state index contributed by atoms with van der Waals surface area (Å²) in [6.45, 7) is 0.674. The molecule has 1 aliphatic rings. The van der Waals surface area contributed by atoms with Gasteiger partial charge in [-0.25, -0.2) is 0 Å². The summed E-state index contributed by atoms with van der Waals surface area (Å²) in [5.41, 5.74) is 3.08. The molecule has 0 aliphatic carbocycles. The van der Waals surface area contributed by atoms with Gasteiger partial charge >= 0.3 is 0 Å². The molecule has 2 heterocycles. The lowest BCUT2D eigenvalue weighted by molar-refractivity contribution is -0.123. The first kappa shape index (κ1) is 18.3. The number of carbonyl (C=O) groups excluding carboxylic acids is 2. The van der Waals surface area contributed by atoms with Crippen LogP contribution < -0.4 is 10.6 Å². The summed E-state index contributed by atoms with van der Waals surface area (Å²) in [6, 6.07) is 22.6. The Balaban J connectivity index is 1.61. The Morgan fingerprint density at radius 3 is 2.30 bits per heavy atom. The molecule has 0 bridgehead atoms. The van der Waals surface area contributed by atoms with Gasteiger partial charge in [0, 0.05) is 29.2 Å². The largest absolute Gasteiger partial charge is 0.342 e. The van der Waals surface area contributed by atoms with Gasteiger partial charge < -0.3 is 4.57 Å². The van der Waals surface area contributed by atoms with Gasteiger partial charge in [0.25, 0.3) is 11.8 Å². The van der Waals surface area contributed by atoms with Crippen molar-refractivity contribution in [2.75, 3.05) is 0 Å². The smallest absolute Gasteiger partial charge is 0.263 e. The van der Waals surface area contributed by atoms with Crippen molar-refractivity contribution in [3.8, 4) is 0 Å². The highest BCUT2D eigenvalue weighted by Gasteiger charge is 2.26. The molecular formula is C24H17N3O2S. The van der Waals surface area contributed by atoms with Crippen LogP contribution in [0.15, 0.2) is 78.5 Å². The molecule has 1 saturated heterocycles. The molecule has 1 aromatic heterocycles. The van der Waals surface area contributed by atoms with Crippen LogP contribution in [0.1, 0.15) is 11.1 Å². The maximum Gasteiger partial charge on any atom is 0.263 e. The summed E-state index contributed by atoms with van der Waals surface area (Å²) in [7, 11) is 0. The van der Waals surface area contributed by atoms with E-state index in [1.807, 2.05) is 42.6 Å². The summed E-state index contributed by atoms with van der Waals surface area (Å²) in [5.74, 6) is -0.982. The molecule has 3 aromatic carbocycles. The van der Waals surface area contributed by atoms with Gasteiger partial charge in [0.05, 0.1) is 0 Å². The van der Waals surface area contributed by atoms with E-state index in [4.69, 9.17) is 12.2 Å². The minimum absolute atomic E-state index is 0.0283. The van der Waals surface area contributed by atoms with Crippen molar-refractivity contribution in [2.24, 2.45) is 0 Å². The summed E-state index contributed by atoms with van der Waals surface area (Å²) >= 11 is 4.87. The molecule has 6 heteroatoms. The number of hydrogen-bond donors (Lipinski definition) is 2. The second kappa shape index (κ2) is 7.24. The van der Waals surface area contributed by atoms with E-state index >= 15 is 0 Å². The van der Waals surface area contributed by atoms with Crippen LogP contribution in [0, 0.1) is 0 Å². The SMILES string of the molecule is O=C1NC(=S)NC(=O)C1=Cc1cn(Cc2cccc3ccccc23)c2ccccc12. The first-order valence-corrected chi connectivity index (χ1v) is 9.94. The molecule has 0 spiro atoms. The Bertz CT molecular complexity index is 1360. The van der Waals surface area contributed by atoms with Gasteiger partial charge in [-0.3, -0.25) is 20.2 Å². The van der Waals surface area contributed by atoms with Gasteiger partial charge in [-0.2, -0.15) is 0 Å². The number of fused-ring (bicyclic) bond motifs is 2. The third-order valence-electron chi connectivity index (χ3n) is 5.28. The van der Waals surface area contributed by atoms with Gasteiger partial charge in [-0.15, -0.1) is 0 Å². The van der Waals surface area contributed by atoms with Crippen molar-refractivity contribution in [2.45, 2.75) is 6.54 Å². The van der Waals surface area contributed by atoms with E-state index in [0.717, 1.165) is 16.5 Å². The fourth-order valence-electron chi connectivity index (χ4n) is 3.90. The summed E-state index contributed by atoms with van der Waals surface area (Å²) in [6.07, 6.45) is 3.60. The topological polar surface area (TPSA) is 63.1 Å².